The van der Waals surface area contributed by atoms with Gasteiger partial charge in [-0.1, -0.05) is 6.07 Å². The molecule has 0 atom stereocenters. The minimum Gasteiger partial charge on any atom is -0.491 e. The largest absolute Gasteiger partial charge is 0.491 e. The number of nitrogens with two attached hydrogens (primary N) is 1. The Labute approximate surface area is 100 Å². The van der Waals surface area contributed by atoms with E-state index in [2.05, 4.69) is 4.74 Å². The summed E-state index contributed by atoms with van der Waals surface area (Å²) in [5.74, 6) is 0.0221. The Morgan fingerprint density at radius 1 is 1.29 bits per heavy atom. The third-order valence-corrected chi connectivity index (χ3v) is 2.22. The zero-order valence-corrected chi connectivity index (χ0v) is 10.1. The fourth-order valence-electron chi connectivity index (χ4n) is 1.34. The molecular weight excluding hydrogens is 222 g/mol. The van der Waals surface area contributed by atoms with Crippen molar-refractivity contribution < 1.29 is 19.0 Å². The van der Waals surface area contributed by atoms with Gasteiger partial charge in [0, 0.05) is 20.1 Å². The maximum atomic E-state index is 11.4. The summed E-state index contributed by atoms with van der Waals surface area (Å²) in [6, 6.07) is 5.02. The van der Waals surface area contributed by atoms with Crippen LogP contribution in [0.4, 0.5) is 5.69 Å². The van der Waals surface area contributed by atoms with Crippen LogP contribution in [0.1, 0.15) is 16.8 Å². The summed E-state index contributed by atoms with van der Waals surface area (Å²) < 4.78 is 15.0. The summed E-state index contributed by atoms with van der Waals surface area (Å²) in [6.45, 7) is 1.11. The molecule has 0 unspecified atom stereocenters. The second-order valence-electron chi connectivity index (χ2n) is 3.40. The molecular formula is C12H17NO4. The van der Waals surface area contributed by atoms with Gasteiger partial charge in [-0.15, -0.1) is 0 Å². The highest BCUT2D eigenvalue weighted by Gasteiger charge is 2.13. The van der Waals surface area contributed by atoms with Crippen LogP contribution in [0, 0.1) is 0 Å². The zero-order valence-electron chi connectivity index (χ0n) is 10.1. The van der Waals surface area contributed by atoms with E-state index < -0.39 is 5.97 Å². The SMILES string of the molecule is COCCCOc1cccc(C(=O)OC)c1N. The molecule has 0 amide bonds. The summed E-state index contributed by atoms with van der Waals surface area (Å²) in [6.07, 6.45) is 0.762. The lowest BCUT2D eigenvalue weighted by Crippen LogP contribution is -2.08. The first-order chi connectivity index (χ1) is 8.20. The summed E-state index contributed by atoms with van der Waals surface area (Å²) in [5.41, 5.74) is 6.44. The average Bonchev–Trinajstić information content (AvgIpc) is 2.35. The Hall–Kier alpha value is -1.75. The van der Waals surface area contributed by atoms with Crippen molar-refractivity contribution in [3.63, 3.8) is 0 Å². The number of rotatable bonds is 6. The summed E-state index contributed by atoms with van der Waals surface area (Å²) in [7, 11) is 2.94. The molecule has 0 saturated carbocycles. The fraction of sp³-hybridized carbons (Fsp3) is 0.417. The maximum absolute atomic E-state index is 11.4. The third-order valence-electron chi connectivity index (χ3n) is 2.22. The molecule has 5 heteroatoms. The molecule has 0 aliphatic rings. The second-order valence-corrected chi connectivity index (χ2v) is 3.40. The van der Waals surface area contributed by atoms with Crippen LogP contribution in [-0.2, 0) is 9.47 Å². The molecule has 0 aromatic heterocycles. The second kappa shape index (κ2) is 6.75. The van der Waals surface area contributed by atoms with Gasteiger partial charge >= 0.3 is 5.97 Å². The topological polar surface area (TPSA) is 70.8 Å². The fourth-order valence-corrected chi connectivity index (χ4v) is 1.34. The molecule has 5 nitrogen and oxygen atoms in total. The van der Waals surface area contributed by atoms with Gasteiger partial charge in [0.2, 0.25) is 0 Å². The highest BCUT2D eigenvalue weighted by atomic mass is 16.5. The number of carbonyl (C=O) groups excluding carboxylic acids is 1. The molecule has 1 aromatic rings. The molecule has 2 N–H and O–H groups in total. The van der Waals surface area contributed by atoms with E-state index >= 15 is 0 Å². The molecule has 0 bridgehead atoms. The summed E-state index contributed by atoms with van der Waals surface area (Å²) in [5, 5.41) is 0. The minimum atomic E-state index is -0.468. The van der Waals surface area contributed by atoms with E-state index in [0.717, 1.165) is 6.42 Å². The van der Waals surface area contributed by atoms with Gasteiger partial charge in [-0.3, -0.25) is 0 Å². The first-order valence-electron chi connectivity index (χ1n) is 5.29. The lowest BCUT2D eigenvalue weighted by Gasteiger charge is -2.11. The molecule has 0 radical (unpaired) electrons. The van der Waals surface area contributed by atoms with Crippen LogP contribution >= 0.6 is 0 Å². The van der Waals surface area contributed by atoms with Crippen molar-refractivity contribution in [2.75, 3.05) is 33.2 Å². The van der Waals surface area contributed by atoms with Crippen LogP contribution in [0.3, 0.4) is 0 Å². The van der Waals surface area contributed by atoms with E-state index in [1.807, 2.05) is 0 Å². The summed E-state index contributed by atoms with van der Waals surface area (Å²) in [4.78, 5) is 11.4. The van der Waals surface area contributed by atoms with E-state index in [1.54, 1.807) is 25.3 Å². The Kier molecular flexibility index (Phi) is 5.29. The number of methoxy groups -OCH3 is 2. The van der Waals surface area contributed by atoms with Crippen molar-refractivity contribution in [1.29, 1.82) is 0 Å². The zero-order chi connectivity index (χ0) is 12.7. The highest BCUT2D eigenvalue weighted by molar-refractivity contribution is 5.96. The normalized spacial score (nSPS) is 10.0. The molecule has 0 spiro atoms. The number of hydrogen-bond donors (Lipinski definition) is 1. The minimum absolute atomic E-state index is 0.303. The van der Waals surface area contributed by atoms with Crippen LogP contribution in [0.2, 0.25) is 0 Å². The number of ether oxygens (including phenoxy) is 3. The Morgan fingerprint density at radius 3 is 2.71 bits per heavy atom. The predicted molar refractivity (Wildman–Crippen MR) is 64.2 cm³/mol. The van der Waals surface area contributed by atoms with Crippen LogP contribution < -0.4 is 10.5 Å². The predicted octanol–water partition coefficient (Wildman–Crippen LogP) is 1.47. The molecule has 0 fully saturated rings. The number of benzene rings is 1. The first kappa shape index (κ1) is 13.3. The van der Waals surface area contributed by atoms with Crippen LogP contribution in [0.25, 0.3) is 0 Å². The number of carbonyl (C=O) groups is 1. The number of nitrogen functional groups attached to an aromatic ring is 1. The molecule has 1 aromatic carbocycles. The van der Waals surface area contributed by atoms with Gasteiger partial charge < -0.3 is 19.9 Å². The van der Waals surface area contributed by atoms with Gasteiger partial charge in [0.1, 0.15) is 5.75 Å². The van der Waals surface area contributed by atoms with Crippen molar-refractivity contribution in [2.45, 2.75) is 6.42 Å². The van der Waals surface area contributed by atoms with Crippen LogP contribution in [0.15, 0.2) is 18.2 Å². The van der Waals surface area contributed by atoms with E-state index in [-0.39, 0.29) is 0 Å². The monoisotopic (exact) mass is 239 g/mol. The molecule has 0 aliphatic carbocycles. The van der Waals surface area contributed by atoms with Gasteiger partial charge in [-0.25, -0.2) is 4.79 Å². The number of esters is 1. The third kappa shape index (κ3) is 3.64. The number of para-hydroxylation sites is 1. The van der Waals surface area contributed by atoms with E-state index in [9.17, 15) is 4.79 Å². The van der Waals surface area contributed by atoms with E-state index in [0.29, 0.717) is 30.2 Å². The number of hydrogen-bond acceptors (Lipinski definition) is 5. The van der Waals surface area contributed by atoms with Crippen molar-refractivity contribution in [3.05, 3.63) is 23.8 Å². The van der Waals surface area contributed by atoms with Gasteiger partial charge in [-0.2, -0.15) is 0 Å². The first-order valence-corrected chi connectivity index (χ1v) is 5.29. The van der Waals surface area contributed by atoms with Gasteiger partial charge in [0.05, 0.1) is 25.0 Å². The van der Waals surface area contributed by atoms with Crippen molar-refractivity contribution in [2.24, 2.45) is 0 Å². The van der Waals surface area contributed by atoms with Crippen molar-refractivity contribution >= 4 is 11.7 Å². The Balaban J connectivity index is 2.70. The highest BCUT2D eigenvalue weighted by Crippen LogP contribution is 2.25. The molecule has 1 rings (SSSR count). The molecule has 17 heavy (non-hydrogen) atoms. The quantitative estimate of drug-likeness (QED) is 0.462. The Bertz CT molecular complexity index is 379. The average molecular weight is 239 g/mol. The Morgan fingerprint density at radius 2 is 2.06 bits per heavy atom. The number of anilines is 1. The molecule has 0 aliphatic heterocycles. The smallest absolute Gasteiger partial charge is 0.340 e. The standard InChI is InChI=1S/C12H17NO4/c1-15-7-4-8-17-10-6-3-5-9(11(10)13)12(14)16-2/h3,5-6H,4,7-8,13H2,1-2H3. The van der Waals surface area contributed by atoms with Crippen molar-refractivity contribution in [1.82, 2.24) is 0 Å². The summed E-state index contributed by atoms with van der Waals surface area (Å²) >= 11 is 0. The maximum Gasteiger partial charge on any atom is 0.340 e. The molecule has 0 saturated heterocycles. The van der Waals surface area contributed by atoms with Crippen LogP contribution in [0.5, 0.6) is 5.75 Å². The van der Waals surface area contributed by atoms with Crippen LogP contribution in [-0.4, -0.2) is 33.4 Å². The molecule has 94 valence electrons. The van der Waals surface area contributed by atoms with Crippen molar-refractivity contribution in [3.8, 4) is 5.75 Å². The lowest BCUT2D eigenvalue weighted by molar-refractivity contribution is 0.0601. The van der Waals surface area contributed by atoms with Gasteiger partial charge in [-0.05, 0) is 12.1 Å². The lowest BCUT2D eigenvalue weighted by atomic mass is 10.1. The molecule has 0 heterocycles. The van der Waals surface area contributed by atoms with Gasteiger partial charge in [0.15, 0.2) is 0 Å². The van der Waals surface area contributed by atoms with E-state index in [1.165, 1.54) is 7.11 Å². The van der Waals surface area contributed by atoms with Gasteiger partial charge in [0.25, 0.3) is 0 Å². The van der Waals surface area contributed by atoms with E-state index in [4.69, 9.17) is 15.2 Å².